The lowest BCUT2D eigenvalue weighted by atomic mass is 10.1. The number of benzene rings is 1. The van der Waals surface area contributed by atoms with Crippen molar-refractivity contribution in [2.75, 3.05) is 11.9 Å². The molecular formula is C15H17N3O3. The largest absolute Gasteiger partial charge is 0.481 e. The molecule has 0 bridgehead atoms. The highest BCUT2D eigenvalue weighted by Gasteiger charge is 2.09. The average Bonchev–Trinajstić information content (AvgIpc) is 2.43. The van der Waals surface area contributed by atoms with Crippen LogP contribution in [0.4, 0.5) is 5.69 Å². The van der Waals surface area contributed by atoms with E-state index < -0.39 is 11.9 Å². The summed E-state index contributed by atoms with van der Waals surface area (Å²) in [5, 5.41) is 22.8. The molecule has 0 aliphatic heterocycles. The minimum atomic E-state index is -1.01. The molecule has 1 aromatic carbocycles. The smallest absolute Gasteiger partial charge is 0.305 e. The van der Waals surface area contributed by atoms with Crippen LogP contribution >= 0.6 is 0 Å². The van der Waals surface area contributed by atoms with Crippen molar-refractivity contribution in [2.24, 2.45) is 0 Å². The van der Waals surface area contributed by atoms with Gasteiger partial charge >= 0.3 is 5.97 Å². The number of amides is 1. The molecule has 0 unspecified atom stereocenters. The maximum atomic E-state index is 11.7. The van der Waals surface area contributed by atoms with Crippen molar-refractivity contribution in [3.8, 4) is 6.07 Å². The molecule has 0 radical (unpaired) electrons. The van der Waals surface area contributed by atoms with E-state index in [0.717, 1.165) is 16.8 Å². The lowest BCUT2D eigenvalue weighted by Crippen LogP contribution is -2.27. The standard InChI is InChI=1S/C15H17N3O3/c1-10-4-3-5-13(11(10)2)18-9-12(8-16)15(21)17-7-6-14(19)20/h3-5,9,18H,6-7H2,1-2H3,(H,17,21)(H,19,20)/b12-9-. The van der Waals surface area contributed by atoms with Gasteiger partial charge in [0.25, 0.3) is 5.91 Å². The van der Waals surface area contributed by atoms with E-state index in [9.17, 15) is 9.59 Å². The molecule has 1 aromatic rings. The van der Waals surface area contributed by atoms with E-state index in [1.807, 2.05) is 32.0 Å². The molecule has 0 aliphatic carbocycles. The molecule has 0 heterocycles. The number of nitriles is 1. The van der Waals surface area contributed by atoms with Gasteiger partial charge in [-0.05, 0) is 31.0 Å². The van der Waals surface area contributed by atoms with E-state index in [2.05, 4.69) is 10.6 Å². The highest BCUT2D eigenvalue weighted by atomic mass is 16.4. The number of carbonyl (C=O) groups is 2. The lowest BCUT2D eigenvalue weighted by molar-refractivity contribution is -0.136. The molecule has 1 rings (SSSR count). The van der Waals surface area contributed by atoms with E-state index in [1.54, 1.807) is 6.07 Å². The Bertz CT molecular complexity index is 615. The Hall–Kier alpha value is -2.81. The first-order valence-electron chi connectivity index (χ1n) is 6.38. The van der Waals surface area contributed by atoms with Crippen LogP contribution in [0.3, 0.4) is 0 Å². The molecule has 0 atom stereocenters. The summed E-state index contributed by atoms with van der Waals surface area (Å²) in [4.78, 5) is 22.1. The fraction of sp³-hybridized carbons (Fsp3) is 0.267. The molecule has 0 saturated heterocycles. The summed E-state index contributed by atoms with van der Waals surface area (Å²) < 4.78 is 0. The Labute approximate surface area is 123 Å². The molecule has 0 aliphatic rings. The number of hydrogen-bond acceptors (Lipinski definition) is 4. The third-order valence-corrected chi connectivity index (χ3v) is 2.97. The highest BCUT2D eigenvalue weighted by molar-refractivity contribution is 5.97. The Kier molecular flexibility index (Phi) is 5.96. The van der Waals surface area contributed by atoms with Crippen molar-refractivity contribution < 1.29 is 14.7 Å². The SMILES string of the molecule is Cc1cccc(N/C=C(/C#N)C(=O)NCCC(=O)O)c1C. The lowest BCUT2D eigenvalue weighted by Gasteiger charge is -2.08. The first-order chi connectivity index (χ1) is 9.95. The summed E-state index contributed by atoms with van der Waals surface area (Å²) in [6.45, 7) is 3.88. The number of anilines is 1. The van der Waals surface area contributed by atoms with E-state index >= 15 is 0 Å². The summed E-state index contributed by atoms with van der Waals surface area (Å²) in [5.74, 6) is -1.61. The van der Waals surface area contributed by atoms with Gasteiger partial charge < -0.3 is 15.7 Å². The monoisotopic (exact) mass is 287 g/mol. The van der Waals surface area contributed by atoms with Crippen LogP contribution in [0.15, 0.2) is 30.0 Å². The second-order valence-electron chi connectivity index (χ2n) is 4.46. The number of aliphatic carboxylic acids is 1. The van der Waals surface area contributed by atoms with Crippen molar-refractivity contribution in [1.29, 1.82) is 5.26 Å². The minimum Gasteiger partial charge on any atom is -0.481 e. The van der Waals surface area contributed by atoms with Gasteiger partial charge in [0.2, 0.25) is 0 Å². The summed E-state index contributed by atoms with van der Waals surface area (Å²) >= 11 is 0. The number of aryl methyl sites for hydroxylation is 1. The maximum Gasteiger partial charge on any atom is 0.305 e. The number of hydrogen-bond donors (Lipinski definition) is 3. The van der Waals surface area contributed by atoms with Crippen LogP contribution in [0.5, 0.6) is 0 Å². The van der Waals surface area contributed by atoms with Gasteiger partial charge in [-0.3, -0.25) is 9.59 Å². The van der Waals surface area contributed by atoms with E-state index in [1.165, 1.54) is 6.20 Å². The van der Waals surface area contributed by atoms with E-state index in [4.69, 9.17) is 10.4 Å². The molecule has 21 heavy (non-hydrogen) atoms. The second kappa shape index (κ2) is 7.70. The van der Waals surface area contributed by atoms with Crippen molar-refractivity contribution in [3.63, 3.8) is 0 Å². The number of nitrogens with zero attached hydrogens (tertiary/aromatic N) is 1. The summed E-state index contributed by atoms with van der Waals surface area (Å²) in [5.41, 5.74) is 2.82. The normalized spacial score (nSPS) is 10.6. The van der Waals surface area contributed by atoms with Gasteiger partial charge in [0.05, 0.1) is 6.42 Å². The molecule has 0 spiro atoms. The van der Waals surface area contributed by atoms with Gasteiger partial charge in [0.1, 0.15) is 11.6 Å². The first-order valence-corrected chi connectivity index (χ1v) is 6.38. The van der Waals surface area contributed by atoms with Crippen LogP contribution in [-0.2, 0) is 9.59 Å². The maximum absolute atomic E-state index is 11.7. The Morgan fingerprint density at radius 3 is 2.71 bits per heavy atom. The molecular weight excluding hydrogens is 270 g/mol. The first kappa shape index (κ1) is 16.2. The molecule has 110 valence electrons. The highest BCUT2D eigenvalue weighted by Crippen LogP contribution is 2.18. The number of nitrogens with one attached hydrogen (secondary N) is 2. The number of carboxylic acids is 1. The van der Waals surface area contributed by atoms with Crippen molar-refractivity contribution in [3.05, 3.63) is 41.1 Å². The van der Waals surface area contributed by atoms with Crippen molar-refractivity contribution in [2.45, 2.75) is 20.3 Å². The minimum absolute atomic E-state index is 0.0172. The van der Waals surface area contributed by atoms with Gasteiger partial charge in [0.15, 0.2) is 0 Å². The van der Waals surface area contributed by atoms with Crippen LogP contribution in [0.1, 0.15) is 17.5 Å². The average molecular weight is 287 g/mol. The molecule has 0 saturated carbocycles. The Morgan fingerprint density at radius 2 is 2.10 bits per heavy atom. The van der Waals surface area contributed by atoms with Crippen LogP contribution < -0.4 is 10.6 Å². The third-order valence-electron chi connectivity index (χ3n) is 2.97. The summed E-state index contributed by atoms with van der Waals surface area (Å²) in [6, 6.07) is 7.47. The molecule has 0 aromatic heterocycles. The fourth-order valence-corrected chi connectivity index (χ4v) is 1.58. The van der Waals surface area contributed by atoms with Crippen LogP contribution in [0.25, 0.3) is 0 Å². The number of carbonyl (C=O) groups excluding carboxylic acids is 1. The predicted molar refractivity (Wildman–Crippen MR) is 78.5 cm³/mol. The van der Waals surface area contributed by atoms with Crippen molar-refractivity contribution in [1.82, 2.24) is 5.32 Å². The predicted octanol–water partition coefficient (Wildman–Crippen LogP) is 1.71. The molecule has 0 fully saturated rings. The number of rotatable bonds is 6. The van der Waals surface area contributed by atoms with Gasteiger partial charge in [0, 0.05) is 18.4 Å². The van der Waals surface area contributed by atoms with E-state index in [-0.39, 0.29) is 18.5 Å². The third kappa shape index (κ3) is 4.99. The molecule has 6 nitrogen and oxygen atoms in total. The topological polar surface area (TPSA) is 102 Å². The Balaban J connectivity index is 2.71. The molecule has 3 N–H and O–H groups in total. The Morgan fingerprint density at radius 1 is 1.38 bits per heavy atom. The van der Waals surface area contributed by atoms with Gasteiger partial charge in [-0.15, -0.1) is 0 Å². The van der Waals surface area contributed by atoms with Gasteiger partial charge in [-0.1, -0.05) is 12.1 Å². The van der Waals surface area contributed by atoms with Gasteiger partial charge in [-0.25, -0.2) is 0 Å². The summed E-state index contributed by atoms with van der Waals surface area (Å²) in [6.07, 6.45) is 1.13. The fourth-order valence-electron chi connectivity index (χ4n) is 1.58. The van der Waals surface area contributed by atoms with Crippen LogP contribution in [-0.4, -0.2) is 23.5 Å². The van der Waals surface area contributed by atoms with E-state index in [0.29, 0.717) is 0 Å². The quantitative estimate of drug-likeness (QED) is 0.546. The van der Waals surface area contributed by atoms with Crippen LogP contribution in [0, 0.1) is 25.2 Å². The summed E-state index contributed by atoms with van der Waals surface area (Å²) in [7, 11) is 0. The van der Waals surface area contributed by atoms with Crippen LogP contribution in [0.2, 0.25) is 0 Å². The molecule has 1 amide bonds. The van der Waals surface area contributed by atoms with Gasteiger partial charge in [-0.2, -0.15) is 5.26 Å². The zero-order chi connectivity index (χ0) is 15.8. The second-order valence-corrected chi connectivity index (χ2v) is 4.46. The molecule has 6 heteroatoms. The number of carboxylic acid groups (broad SMARTS) is 1. The van der Waals surface area contributed by atoms with Crippen molar-refractivity contribution >= 4 is 17.6 Å². The zero-order valence-corrected chi connectivity index (χ0v) is 11.9. The zero-order valence-electron chi connectivity index (χ0n) is 11.9.